The number of benzene rings is 1. The smallest absolute Gasteiger partial charge is 0.289 e. The fraction of sp³-hybridized carbons (Fsp3) is 0.188. The molecule has 0 N–H and O–H groups in total. The third-order valence-corrected chi connectivity index (χ3v) is 3.12. The van der Waals surface area contributed by atoms with E-state index in [1.807, 2.05) is 30.3 Å². The highest BCUT2D eigenvalue weighted by molar-refractivity contribution is 5.83. The largest absolute Gasteiger partial charge is 0.496 e. The summed E-state index contributed by atoms with van der Waals surface area (Å²) in [6.45, 7) is 3.51. The van der Waals surface area contributed by atoms with Gasteiger partial charge in [0, 0.05) is 11.3 Å². The van der Waals surface area contributed by atoms with Gasteiger partial charge in [-0.15, -0.1) is 0 Å². The van der Waals surface area contributed by atoms with Gasteiger partial charge < -0.3 is 4.74 Å². The van der Waals surface area contributed by atoms with Gasteiger partial charge in [-0.1, -0.05) is 12.1 Å². The SMILES string of the molecule is COc1ccccc1/C=N\n1c(C)cc(C)c(C#N)c1=O. The van der Waals surface area contributed by atoms with E-state index in [1.54, 1.807) is 33.2 Å². The third-order valence-electron chi connectivity index (χ3n) is 3.12. The van der Waals surface area contributed by atoms with Gasteiger partial charge in [-0.2, -0.15) is 10.4 Å². The fourth-order valence-corrected chi connectivity index (χ4v) is 2.05. The third kappa shape index (κ3) is 2.84. The van der Waals surface area contributed by atoms with Crippen molar-refractivity contribution in [2.75, 3.05) is 7.11 Å². The Morgan fingerprint density at radius 3 is 2.71 bits per heavy atom. The lowest BCUT2D eigenvalue weighted by molar-refractivity contribution is 0.414. The molecule has 1 heterocycles. The summed E-state index contributed by atoms with van der Waals surface area (Å²) in [7, 11) is 1.57. The van der Waals surface area contributed by atoms with Gasteiger partial charge >= 0.3 is 0 Å². The molecule has 0 unspecified atom stereocenters. The average molecular weight is 281 g/mol. The lowest BCUT2D eigenvalue weighted by Crippen LogP contribution is -2.22. The summed E-state index contributed by atoms with van der Waals surface area (Å²) in [5.74, 6) is 0.666. The van der Waals surface area contributed by atoms with Crippen LogP contribution in [0, 0.1) is 25.2 Å². The number of aryl methyl sites for hydroxylation is 2. The van der Waals surface area contributed by atoms with Gasteiger partial charge in [0.25, 0.3) is 5.56 Å². The Morgan fingerprint density at radius 2 is 2.05 bits per heavy atom. The first-order valence-corrected chi connectivity index (χ1v) is 6.39. The molecule has 0 aliphatic rings. The van der Waals surface area contributed by atoms with Gasteiger partial charge in [0.15, 0.2) is 0 Å². The van der Waals surface area contributed by atoms with E-state index in [1.165, 1.54) is 4.68 Å². The van der Waals surface area contributed by atoms with Gasteiger partial charge in [-0.25, -0.2) is 4.68 Å². The van der Waals surface area contributed by atoms with Crippen LogP contribution in [0.2, 0.25) is 0 Å². The topological polar surface area (TPSA) is 67.4 Å². The molecule has 2 aromatic rings. The molecule has 106 valence electrons. The van der Waals surface area contributed by atoms with Crippen LogP contribution in [0.5, 0.6) is 5.75 Å². The normalized spacial score (nSPS) is 10.6. The molecule has 0 aliphatic heterocycles. The summed E-state index contributed by atoms with van der Waals surface area (Å²) in [6, 6.07) is 11.0. The van der Waals surface area contributed by atoms with Crippen LogP contribution in [0.1, 0.15) is 22.4 Å². The lowest BCUT2D eigenvalue weighted by atomic mass is 10.1. The van der Waals surface area contributed by atoms with E-state index >= 15 is 0 Å². The van der Waals surface area contributed by atoms with Crippen molar-refractivity contribution in [3.05, 3.63) is 63.1 Å². The highest BCUT2D eigenvalue weighted by Gasteiger charge is 2.09. The zero-order valence-corrected chi connectivity index (χ0v) is 12.1. The second-order valence-corrected chi connectivity index (χ2v) is 4.56. The van der Waals surface area contributed by atoms with E-state index in [-0.39, 0.29) is 5.56 Å². The number of aromatic nitrogens is 1. The first kappa shape index (κ1) is 14.5. The number of ether oxygens (including phenoxy) is 1. The summed E-state index contributed by atoms with van der Waals surface area (Å²) in [5.41, 5.74) is 1.77. The van der Waals surface area contributed by atoms with Gasteiger partial charge in [0.1, 0.15) is 17.4 Å². The Labute approximate surface area is 122 Å². The summed E-state index contributed by atoms with van der Waals surface area (Å²) in [5, 5.41) is 13.2. The maximum absolute atomic E-state index is 12.2. The highest BCUT2D eigenvalue weighted by atomic mass is 16.5. The summed E-state index contributed by atoms with van der Waals surface area (Å²) >= 11 is 0. The molecule has 0 bridgehead atoms. The zero-order valence-electron chi connectivity index (χ0n) is 12.1. The predicted molar refractivity (Wildman–Crippen MR) is 80.9 cm³/mol. The Hall–Kier alpha value is -2.87. The van der Waals surface area contributed by atoms with Crippen LogP contribution >= 0.6 is 0 Å². The Morgan fingerprint density at radius 1 is 1.33 bits per heavy atom. The number of hydrogen-bond acceptors (Lipinski definition) is 4. The van der Waals surface area contributed by atoms with Gasteiger partial charge in [0.05, 0.1) is 13.3 Å². The molecule has 0 saturated heterocycles. The van der Waals surface area contributed by atoms with E-state index in [2.05, 4.69) is 5.10 Å². The van der Waals surface area contributed by atoms with Crippen LogP contribution in [-0.2, 0) is 0 Å². The van der Waals surface area contributed by atoms with Crippen molar-refractivity contribution in [1.82, 2.24) is 4.68 Å². The maximum Gasteiger partial charge on any atom is 0.289 e. The molecule has 5 heteroatoms. The predicted octanol–water partition coefficient (Wildman–Crippen LogP) is 2.23. The Bertz CT molecular complexity index is 798. The number of methoxy groups -OCH3 is 1. The average Bonchev–Trinajstić information content (AvgIpc) is 2.47. The van der Waals surface area contributed by atoms with Crippen molar-refractivity contribution in [2.24, 2.45) is 5.10 Å². The molecule has 1 aromatic carbocycles. The number of para-hydroxylation sites is 1. The molecule has 0 amide bonds. The number of rotatable bonds is 3. The van der Waals surface area contributed by atoms with Crippen molar-refractivity contribution < 1.29 is 4.74 Å². The summed E-state index contributed by atoms with van der Waals surface area (Å²) in [6.07, 6.45) is 1.55. The number of nitrogens with zero attached hydrogens (tertiary/aromatic N) is 3. The standard InChI is InChI=1S/C16H15N3O2/c1-11-8-12(2)19(16(20)14(11)9-17)18-10-13-6-4-5-7-15(13)21-3/h4-8,10H,1-3H3/b18-10-. The molecule has 0 atom stereocenters. The Kier molecular flexibility index (Phi) is 4.19. The van der Waals surface area contributed by atoms with E-state index in [0.717, 1.165) is 5.56 Å². The van der Waals surface area contributed by atoms with Gasteiger partial charge in [0.2, 0.25) is 0 Å². The molecule has 5 nitrogen and oxygen atoms in total. The van der Waals surface area contributed by atoms with Crippen molar-refractivity contribution in [1.29, 1.82) is 5.26 Å². The highest BCUT2D eigenvalue weighted by Crippen LogP contribution is 2.15. The van der Waals surface area contributed by atoms with Crippen molar-refractivity contribution in [3.63, 3.8) is 0 Å². The molecule has 1 aromatic heterocycles. The molecule has 0 aliphatic carbocycles. The minimum atomic E-state index is -0.416. The van der Waals surface area contributed by atoms with E-state index in [0.29, 0.717) is 17.0 Å². The second kappa shape index (κ2) is 6.06. The minimum Gasteiger partial charge on any atom is -0.496 e. The van der Waals surface area contributed by atoms with Crippen LogP contribution < -0.4 is 10.3 Å². The van der Waals surface area contributed by atoms with Crippen LogP contribution in [0.4, 0.5) is 0 Å². The van der Waals surface area contributed by atoms with Crippen LogP contribution in [0.3, 0.4) is 0 Å². The molecule has 0 fully saturated rings. The van der Waals surface area contributed by atoms with E-state index in [4.69, 9.17) is 10.00 Å². The van der Waals surface area contributed by atoms with Crippen LogP contribution in [-0.4, -0.2) is 18.0 Å². The monoisotopic (exact) mass is 281 g/mol. The zero-order chi connectivity index (χ0) is 15.4. The molecular weight excluding hydrogens is 266 g/mol. The molecule has 0 radical (unpaired) electrons. The number of hydrogen-bond donors (Lipinski definition) is 0. The number of pyridine rings is 1. The number of nitriles is 1. The quantitative estimate of drug-likeness (QED) is 0.810. The van der Waals surface area contributed by atoms with E-state index < -0.39 is 5.56 Å². The van der Waals surface area contributed by atoms with Crippen LogP contribution in [0.15, 0.2) is 40.2 Å². The molecule has 0 saturated carbocycles. The second-order valence-electron chi connectivity index (χ2n) is 4.56. The van der Waals surface area contributed by atoms with Crippen LogP contribution in [0.25, 0.3) is 0 Å². The molecule has 21 heavy (non-hydrogen) atoms. The molecular formula is C16H15N3O2. The summed E-state index contributed by atoms with van der Waals surface area (Å²) < 4.78 is 6.45. The minimum absolute atomic E-state index is 0.109. The first-order chi connectivity index (χ1) is 10.1. The van der Waals surface area contributed by atoms with Crippen molar-refractivity contribution in [2.45, 2.75) is 13.8 Å². The molecule has 2 rings (SSSR count). The molecule has 0 spiro atoms. The summed E-state index contributed by atoms with van der Waals surface area (Å²) in [4.78, 5) is 12.2. The van der Waals surface area contributed by atoms with E-state index in [9.17, 15) is 4.79 Å². The van der Waals surface area contributed by atoms with Crippen molar-refractivity contribution in [3.8, 4) is 11.8 Å². The maximum atomic E-state index is 12.2. The Balaban J connectivity index is 2.52. The van der Waals surface area contributed by atoms with Gasteiger partial charge in [-0.05, 0) is 37.6 Å². The fourth-order valence-electron chi connectivity index (χ4n) is 2.05. The lowest BCUT2D eigenvalue weighted by Gasteiger charge is -2.07. The van der Waals surface area contributed by atoms with Crippen molar-refractivity contribution >= 4 is 6.21 Å². The first-order valence-electron chi connectivity index (χ1n) is 6.39. The van der Waals surface area contributed by atoms with Gasteiger partial charge in [-0.3, -0.25) is 4.79 Å².